The summed E-state index contributed by atoms with van der Waals surface area (Å²) in [6.07, 6.45) is 3.08. The maximum atomic E-state index is 12.8. The molecular formula is C11H11FO. The third kappa shape index (κ3) is 2.25. The molecule has 0 atom stereocenters. The van der Waals surface area contributed by atoms with Gasteiger partial charge in [-0.05, 0) is 37.6 Å². The fraction of sp³-hybridized carbons (Fsp3) is 0.182. The first-order valence-electron chi connectivity index (χ1n) is 4.08. The summed E-state index contributed by atoms with van der Waals surface area (Å²) < 4.78 is 12.8. The van der Waals surface area contributed by atoms with Gasteiger partial charge in [-0.25, -0.2) is 4.39 Å². The SMILES string of the molecule is CC=CC(=O)c1cc(F)ccc1C. The van der Waals surface area contributed by atoms with Crippen molar-refractivity contribution < 1.29 is 9.18 Å². The first-order valence-corrected chi connectivity index (χ1v) is 4.08. The van der Waals surface area contributed by atoms with Crippen LogP contribution < -0.4 is 0 Å². The molecule has 0 N–H and O–H groups in total. The molecule has 0 amide bonds. The lowest BCUT2D eigenvalue weighted by atomic mass is 10.0. The Bertz CT molecular complexity index is 353. The lowest BCUT2D eigenvalue weighted by Gasteiger charge is -2.00. The molecule has 1 aromatic rings. The van der Waals surface area contributed by atoms with E-state index in [1.54, 1.807) is 26.0 Å². The molecule has 2 heteroatoms. The van der Waals surface area contributed by atoms with Crippen molar-refractivity contribution in [3.05, 3.63) is 47.3 Å². The van der Waals surface area contributed by atoms with E-state index in [2.05, 4.69) is 0 Å². The molecule has 0 radical (unpaired) electrons. The van der Waals surface area contributed by atoms with Crippen molar-refractivity contribution in [1.82, 2.24) is 0 Å². The Morgan fingerprint density at radius 3 is 2.77 bits per heavy atom. The van der Waals surface area contributed by atoms with Gasteiger partial charge in [-0.2, -0.15) is 0 Å². The van der Waals surface area contributed by atoms with Gasteiger partial charge in [-0.3, -0.25) is 4.79 Å². The van der Waals surface area contributed by atoms with Gasteiger partial charge in [0.2, 0.25) is 0 Å². The second kappa shape index (κ2) is 3.99. The molecule has 0 fully saturated rings. The highest BCUT2D eigenvalue weighted by Crippen LogP contribution is 2.11. The number of aryl methyl sites for hydroxylation is 1. The molecule has 68 valence electrons. The van der Waals surface area contributed by atoms with Crippen LogP contribution in [0.5, 0.6) is 0 Å². The molecule has 0 aliphatic carbocycles. The van der Waals surface area contributed by atoms with Gasteiger partial charge >= 0.3 is 0 Å². The van der Waals surface area contributed by atoms with Gasteiger partial charge in [0.05, 0.1) is 0 Å². The van der Waals surface area contributed by atoms with E-state index in [-0.39, 0.29) is 11.6 Å². The van der Waals surface area contributed by atoms with Crippen LogP contribution in [0.25, 0.3) is 0 Å². The van der Waals surface area contributed by atoms with Crippen molar-refractivity contribution in [3.63, 3.8) is 0 Å². The minimum absolute atomic E-state index is 0.153. The Balaban J connectivity index is 3.13. The van der Waals surface area contributed by atoms with Crippen molar-refractivity contribution in [2.45, 2.75) is 13.8 Å². The van der Waals surface area contributed by atoms with E-state index in [0.717, 1.165) is 5.56 Å². The maximum Gasteiger partial charge on any atom is 0.185 e. The fourth-order valence-corrected chi connectivity index (χ4v) is 1.10. The summed E-state index contributed by atoms with van der Waals surface area (Å²) in [6, 6.07) is 4.21. The summed E-state index contributed by atoms with van der Waals surface area (Å²) in [7, 11) is 0. The monoisotopic (exact) mass is 178 g/mol. The van der Waals surface area contributed by atoms with Gasteiger partial charge in [0.15, 0.2) is 5.78 Å². The summed E-state index contributed by atoms with van der Waals surface area (Å²) in [4.78, 5) is 11.4. The Hall–Kier alpha value is -1.44. The van der Waals surface area contributed by atoms with E-state index in [4.69, 9.17) is 0 Å². The topological polar surface area (TPSA) is 17.1 Å². The second-order valence-electron chi connectivity index (χ2n) is 2.82. The van der Waals surface area contributed by atoms with E-state index < -0.39 is 0 Å². The number of carbonyl (C=O) groups is 1. The average Bonchev–Trinajstić information content (AvgIpc) is 2.09. The lowest BCUT2D eigenvalue weighted by molar-refractivity contribution is 0.104. The van der Waals surface area contributed by atoms with Crippen molar-refractivity contribution >= 4 is 5.78 Å². The molecule has 0 saturated heterocycles. The normalized spacial score (nSPS) is 10.7. The van der Waals surface area contributed by atoms with E-state index in [1.807, 2.05) is 0 Å². The summed E-state index contributed by atoms with van der Waals surface area (Å²) in [5.41, 5.74) is 1.22. The van der Waals surface area contributed by atoms with Crippen LogP contribution in [0.3, 0.4) is 0 Å². The standard InChI is InChI=1S/C11H11FO/c1-3-4-11(13)10-7-9(12)6-5-8(10)2/h3-7H,1-2H3. The first kappa shape index (κ1) is 9.65. The zero-order valence-corrected chi connectivity index (χ0v) is 7.67. The highest BCUT2D eigenvalue weighted by Gasteiger charge is 2.05. The van der Waals surface area contributed by atoms with Crippen LogP contribution >= 0.6 is 0 Å². The zero-order chi connectivity index (χ0) is 9.84. The van der Waals surface area contributed by atoms with E-state index in [0.29, 0.717) is 5.56 Å². The van der Waals surface area contributed by atoms with Gasteiger partial charge in [-0.15, -0.1) is 0 Å². The second-order valence-corrected chi connectivity index (χ2v) is 2.82. The number of benzene rings is 1. The van der Waals surface area contributed by atoms with Crippen molar-refractivity contribution in [2.75, 3.05) is 0 Å². The minimum atomic E-state index is -0.376. The molecule has 0 spiro atoms. The van der Waals surface area contributed by atoms with Crippen LogP contribution in [0.4, 0.5) is 4.39 Å². The third-order valence-corrected chi connectivity index (χ3v) is 1.78. The number of hydrogen-bond acceptors (Lipinski definition) is 1. The van der Waals surface area contributed by atoms with Crippen LogP contribution in [0.1, 0.15) is 22.8 Å². The Morgan fingerprint density at radius 1 is 1.46 bits per heavy atom. The van der Waals surface area contributed by atoms with Crippen LogP contribution in [0.2, 0.25) is 0 Å². The van der Waals surface area contributed by atoms with Gasteiger partial charge < -0.3 is 0 Å². The summed E-state index contributed by atoms with van der Waals surface area (Å²) in [5.74, 6) is -0.530. The number of carbonyl (C=O) groups excluding carboxylic acids is 1. The van der Waals surface area contributed by atoms with Crippen LogP contribution in [0, 0.1) is 12.7 Å². The molecule has 0 aliphatic heterocycles. The molecule has 13 heavy (non-hydrogen) atoms. The van der Waals surface area contributed by atoms with Crippen molar-refractivity contribution in [3.8, 4) is 0 Å². The highest BCUT2D eigenvalue weighted by molar-refractivity contribution is 6.05. The van der Waals surface area contributed by atoms with Crippen LogP contribution in [-0.4, -0.2) is 5.78 Å². The fourth-order valence-electron chi connectivity index (χ4n) is 1.10. The summed E-state index contributed by atoms with van der Waals surface area (Å²) in [6.45, 7) is 3.54. The number of halogens is 1. The molecule has 0 aromatic heterocycles. The summed E-state index contributed by atoms with van der Waals surface area (Å²) in [5, 5.41) is 0. The highest BCUT2D eigenvalue weighted by atomic mass is 19.1. The Kier molecular flexibility index (Phi) is 2.96. The predicted molar refractivity (Wildman–Crippen MR) is 50.3 cm³/mol. The zero-order valence-electron chi connectivity index (χ0n) is 7.67. The number of allylic oxidation sites excluding steroid dienone is 2. The molecule has 1 aromatic carbocycles. The smallest absolute Gasteiger partial charge is 0.185 e. The molecule has 0 aliphatic rings. The predicted octanol–water partition coefficient (Wildman–Crippen LogP) is 2.89. The molecule has 1 nitrogen and oxygen atoms in total. The van der Waals surface area contributed by atoms with E-state index in [9.17, 15) is 9.18 Å². The van der Waals surface area contributed by atoms with Gasteiger partial charge in [0.1, 0.15) is 5.82 Å². The Morgan fingerprint density at radius 2 is 2.15 bits per heavy atom. The largest absolute Gasteiger partial charge is 0.289 e. The average molecular weight is 178 g/mol. The molecule has 0 bridgehead atoms. The lowest BCUT2D eigenvalue weighted by Crippen LogP contribution is -1.98. The number of hydrogen-bond donors (Lipinski definition) is 0. The van der Waals surface area contributed by atoms with E-state index in [1.165, 1.54) is 18.2 Å². The van der Waals surface area contributed by atoms with Crippen molar-refractivity contribution in [1.29, 1.82) is 0 Å². The molecule has 1 rings (SSSR count). The number of rotatable bonds is 2. The Labute approximate surface area is 76.9 Å². The van der Waals surface area contributed by atoms with Gasteiger partial charge in [0, 0.05) is 5.56 Å². The third-order valence-electron chi connectivity index (χ3n) is 1.78. The molecule has 0 unspecified atom stereocenters. The van der Waals surface area contributed by atoms with Crippen LogP contribution in [-0.2, 0) is 0 Å². The molecule has 0 heterocycles. The quantitative estimate of drug-likeness (QED) is 0.502. The van der Waals surface area contributed by atoms with Gasteiger partial charge in [-0.1, -0.05) is 12.1 Å². The number of ketones is 1. The van der Waals surface area contributed by atoms with Crippen molar-refractivity contribution in [2.24, 2.45) is 0 Å². The van der Waals surface area contributed by atoms with Crippen LogP contribution in [0.15, 0.2) is 30.4 Å². The van der Waals surface area contributed by atoms with Gasteiger partial charge in [0.25, 0.3) is 0 Å². The first-order chi connectivity index (χ1) is 6.15. The maximum absolute atomic E-state index is 12.8. The van der Waals surface area contributed by atoms with E-state index >= 15 is 0 Å². The minimum Gasteiger partial charge on any atom is -0.289 e. The molecule has 0 saturated carbocycles. The summed E-state index contributed by atoms with van der Waals surface area (Å²) >= 11 is 0. The molecular weight excluding hydrogens is 167 g/mol.